The highest BCUT2D eigenvalue weighted by atomic mass is 16.3. The number of carbonyl (C=O) groups is 1. The number of aryl methyl sites for hydroxylation is 1. The summed E-state index contributed by atoms with van der Waals surface area (Å²) in [5.41, 5.74) is 5.27. The number of urea groups is 1. The molecule has 0 radical (unpaired) electrons. The summed E-state index contributed by atoms with van der Waals surface area (Å²) >= 11 is 0. The molecule has 0 bridgehead atoms. The molecule has 5 nitrogen and oxygen atoms in total. The van der Waals surface area contributed by atoms with Crippen LogP contribution in [0.1, 0.15) is 31.9 Å². The number of nitrogens with one attached hydrogen (secondary N) is 1. The normalized spacial score (nSPS) is 18.5. The predicted molar refractivity (Wildman–Crippen MR) is 73.8 cm³/mol. The maximum Gasteiger partial charge on any atom is 0.314 e. The van der Waals surface area contributed by atoms with E-state index in [0.717, 1.165) is 44.5 Å². The molecule has 19 heavy (non-hydrogen) atoms. The summed E-state index contributed by atoms with van der Waals surface area (Å²) in [5, 5.41) is 3.62. The molecule has 1 fully saturated rings. The molecular formula is C14H23N3O2. The standard InChI is InChI=1S/C14H23N3O2/c1-11(4-5-13-3-2-10-19-13)16-12-6-8-17(9-7-12)14(15)18/h2-3,10-12,16H,4-9H2,1H3,(H2,15,18). The highest BCUT2D eigenvalue weighted by Gasteiger charge is 2.21. The number of rotatable bonds is 5. The second kappa shape index (κ2) is 6.61. The molecule has 0 aliphatic carbocycles. The number of nitrogens with zero attached hydrogens (tertiary/aromatic N) is 1. The van der Waals surface area contributed by atoms with Crippen LogP contribution in [-0.4, -0.2) is 36.1 Å². The minimum atomic E-state index is -0.302. The van der Waals surface area contributed by atoms with Crippen LogP contribution in [0.15, 0.2) is 22.8 Å². The van der Waals surface area contributed by atoms with Crippen LogP contribution < -0.4 is 11.1 Å². The summed E-state index contributed by atoms with van der Waals surface area (Å²) in [7, 11) is 0. The molecule has 2 rings (SSSR count). The lowest BCUT2D eigenvalue weighted by atomic mass is 10.0. The van der Waals surface area contributed by atoms with Gasteiger partial charge < -0.3 is 20.4 Å². The maximum absolute atomic E-state index is 11.0. The van der Waals surface area contributed by atoms with Crippen molar-refractivity contribution in [2.75, 3.05) is 13.1 Å². The van der Waals surface area contributed by atoms with Crippen molar-refractivity contribution < 1.29 is 9.21 Å². The molecule has 0 spiro atoms. The monoisotopic (exact) mass is 265 g/mol. The van der Waals surface area contributed by atoms with Gasteiger partial charge in [-0.05, 0) is 38.3 Å². The van der Waals surface area contributed by atoms with Crippen LogP contribution in [0.3, 0.4) is 0 Å². The summed E-state index contributed by atoms with van der Waals surface area (Å²) in [6.07, 6.45) is 5.69. The molecule has 5 heteroatoms. The number of piperidine rings is 1. The van der Waals surface area contributed by atoms with Crippen molar-refractivity contribution in [2.45, 2.75) is 44.7 Å². The molecule has 0 aromatic carbocycles. The average Bonchev–Trinajstić information content (AvgIpc) is 2.90. The first-order valence-electron chi connectivity index (χ1n) is 6.98. The maximum atomic E-state index is 11.0. The zero-order valence-electron chi connectivity index (χ0n) is 11.5. The van der Waals surface area contributed by atoms with Crippen LogP contribution in [0, 0.1) is 0 Å². The average molecular weight is 265 g/mol. The number of amides is 2. The summed E-state index contributed by atoms with van der Waals surface area (Å²) in [4.78, 5) is 12.7. The van der Waals surface area contributed by atoms with Crippen LogP contribution in [0.5, 0.6) is 0 Å². The van der Waals surface area contributed by atoms with Gasteiger partial charge in [0.15, 0.2) is 0 Å². The molecule has 106 valence electrons. The number of primary amides is 1. The van der Waals surface area contributed by atoms with Crippen LogP contribution >= 0.6 is 0 Å². The molecule has 2 amide bonds. The summed E-state index contributed by atoms with van der Waals surface area (Å²) in [6.45, 7) is 3.72. The van der Waals surface area contributed by atoms with Crippen molar-refractivity contribution in [3.8, 4) is 0 Å². The van der Waals surface area contributed by atoms with E-state index in [4.69, 9.17) is 10.2 Å². The second-order valence-electron chi connectivity index (χ2n) is 5.29. The third-order valence-electron chi connectivity index (χ3n) is 3.73. The van der Waals surface area contributed by atoms with E-state index in [-0.39, 0.29) is 6.03 Å². The third-order valence-corrected chi connectivity index (χ3v) is 3.73. The number of furan rings is 1. The van der Waals surface area contributed by atoms with Crippen LogP contribution in [0.4, 0.5) is 4.79 Å². The van der Waals surface area contributed by atoms with Crippen LogP contribution in [0.25, 0.3) is 0 Å². The number of hydrogen-bond donors (Lipinski definition) is 2. The Morgan fingerprint density at radius 1 is 1.58 bits per heavy atom. The van der Waals surface area contributed by atoms with E-state index in [1.807, 2.05) is 12.1 Å². The molecule has 1 saturated heterocycles. The molecule has 1 atom stereocenters. The quantitative estimate of drug-likeness (QED) is 0.851. The van der Waals surface area contributed by atoms with Gasteiger partial charge >= 0.3 is 6.03 Å². The van der Waals surface area contributed by atoms with Crippen molar-refractivity contribution in [3.63, 3.8) is 0 Å². The fourth-order valence-corrected chi connectivity index (χ4v) is 2.57. The van der Waals surface area contributed by atoms with Gasteiger partial charge in [0, 0.05) is 31.6 Å². The summed E-state index contributed by atoms with van der Waals surface area (Å²) < 4.78 is 5.33. The van der Waals surface area contributed by atoms with Crippen LogP contribution in [-0.2, 0) is 6.42 Å². The van der Waals surface area contributed by atoms with Crippen molar-refractivity contribution in [1.82, 2.24) is 10.2 Å². The lowest BCUT2D eigenvalue weighted by molar-refractivity contribution is 0.182. The highest BCUT2D eigenvalue weighted by molar-refractivity contribution is 5.72. The lowest BCUT2D eigenvalue weighted by Gasteiger charge is -2.33. The molecule has 1 aliphatic heterocycles. The fraction of sp³-hybridized carbons (Fsp3) is 0.643. The van der Waals surface area contributed by atoms with Gasteiger partial charge in [0.1, 0.15) is 5.76 Å². The summed E-state index contributed by atoms with van der Waals surface area (Å²) in [6, 6.07) is 4.58. The smallest absolute Gasteiger partial charge is 0.314 e. The summed E-state index contributed by atoms with van der Waals surface area (Å²) in [5.74, 6) is 1.04. The van der Waals surface area contributed by atoms with Gasteiger partial charge in [-0.25, -0.2) is 4.79 Å². The number of likely N-dealkylation sites (tertiary alicyclic amines) is 1. The lowest BCUT2D eigenvalue weighted by Crippen LogP contribution is -2.48. The molecule has 2 heterocycles. The first kappa shape index (κ1) is 13.9. The molecule has 1 unspecified atom stereocenters. The van der Waals surface area contributed by atoms with Crippen molar-refractivity contribution in [3.05, 3.63) is 24.2 Å². The van der Waals surface area contributed by atoms with Gasteiger partial charge in [-0.1, -0.05) is 0 Å². The molecule has 1 aromatic heterocycles. The van der Waals surface area contributed by atoms with Gasteiger partial charge in [-0.3, -0.25) is 0 Å². The zero-order chi connectivity index (χ0) is 13.7. The van der Waals surface area contributed by atoms with E-state index in [9.17, 15) is 4.79 Å². The molecule has 0 saturated carbocycles. The second-order valence-corrected chi connectivity index (χ2v) is 5.29. The van der Waals surface area contributed by atoms with E-state index in [0.29, 0.717) is 12.1 Å². The number of nitrogens with two attached hydrogens (primary N) is 1. The first-order chi connectivity index (χ1) is 9.15. The predicted octanol–water partition coefficient (Wildman–Crippen LogP) is 1.73. The van der Waals surface area contributed by atoms with E-state index < -0.39 is 0 Å². The van der Waals surface area contributed by atoms with Crippen molar-refractivity contribution in [2.24, 2.45) is 5.73 Å². The first-order valence-corrected chi connectivity index (χ1v) is 6.98. The van der Waals surface area contributed by atoms with E-state index in [2.05, 4.69) is 12.2 Å². The minimum Gasteiger partial charge on any atom is -0.469 e. The fourth-order valence-electron chi connectivity index (χ4n) is 2.57. The van der Waals surface area contributed by atoms with E-state index >= 15 is 0 Å². The van der Waals surface area contributed by atoms with Gasteiger partial charge in [-0.15, -0.1) is 0 Å². The minimum absolute atomic E-state index is 0.302. The SMILES string of the molecule is CC(CCc1ccco1)NC1CCN(C(N)=O)CC1. The van der Waals surface area contributed by atoms with E-state index in [1.54, 1.807) is 11.2 Å². The highest BCUT2D eigenvalue weighted by Crippen LogP contribution is 2.12. The van der Waals surface area contributed by atoms with Gasteiger partial charge in [0.05, 0.1) is 6.26 Å². The topological polar surface area (TPSA) is 71.5 Å². The Balaban J connectivity index is 1.66. The Hall–Kier alpha value is -1.49. The van der Waals surface area contributed by atoms with Crippen LogP contribution in [0.2, 0.25) is 0 Å². The largest absolute Gasteiger partial charge is 0.469 e. The van der Waals surface area contributed by atoms with Gasteiger partial charge in [0.25, 0.3) is 0 Å². The van der Waals surface area contributed by atoms with Gasteiger partial charge in [-0.2, -0.15) is 0 Å². The zero-order valence-corrected chi connectivity index (χ0v) is 11.5. The Morgan fingerprint density at radius 3 is 2.89 bits per heavy atom. The number of carbonyl (C=O) groups excluding carboxylic acids is 1. The Morgan fingerprint density at radius 2 is 2.32 bits per heavy atom. The Labute approximate surface area is 114 Å². The Bertz CT molecular complexity index is 383. The molecule has 3 N–H and O–H groups in total. The van der Waals surface area contributed by atoms with Gasteiger partial charge in [0.2, 0.25) is 0 Å². The van der Waals surface area contributed by atoms with E-state index in [1.165, 1.54) is 0 Å². The Kier molecular flexibility index (Phi) is 4.85. The third kappa shape index (κ3) is 4.28. The van der Waals surface area contributed by atoms with Crippen molar-refractivity contribution >= 4 is 6.03 Å². The molecule has 1 aromatic rings. The molecular weight excluding hydrogens is 242 g/mol. The van der Waals surface area contributed by atoms with Crippen molar-refractivity contribution in [1.29, 1.82) is 0 Å². The molecule has 1 aliphatic rings. The number of hydrogen-bond acceptors (Lipinski definition) is 3.